The van der Waals surface area contributed by atoms with Crippen LogP contribution in [0.3, 0.4) is 0 Å². The largest absolute Gasteiger partial charge is 0.385 e. The molecular formula is C12H25NO. The van der Waals surface area contributed by atoms with E-state index in [1.807, 2.05) is 0 Å². The van der Waals surface area contributed by atoms with E-state index in [9.17, 15) is 0 Å². The van der Waals surface area contributed by atoms with Crippen LogP contribution in [0.1, 0.15) is 45.4 Å². The van der Waals surface area contributed by atoms with Gasteiger partial charge < -0.3 is 10.1 Å². The highest BCUT2D eigenvalue weighted by Gasteiger charge is 2.20. The summed E-state index contributed by atoms with van der Waals surface area (Å²) in [5, 5.41) is 3.57. The van der Waals surface area contributed by atoms with Crippen LogP contribution < -0.4 is 5.32 Å². The van der Waals surface area contributed by atoms with Crippen molar-refractivity contribution in [2.24, 2.45) is 5.92 Å². The lowest BCUT2D eigenvalue weighted by atomic mass is 9.83. The molecule has 0 spiro atoms. The molecule has 1 rings (SSSR count). The Balaban J connectivity index is 2.12. The van der Waals surface area contributed by atoms with Gasteiger partial charge in [0, 0.05) is 19.8 Å². The van der Waals surface area contributed by atoms with Crippen LogP contribution in [0.25, 0.3) is 0 Å². The second kappa shape index (κ2) is 7.24. The normalized spacial score (nSPS) is 27.9. The topological polar surface area (TPSA) is 21.3 Å². The van der Waals surface area contributed by atoms with Crippen LogP contribution in [0.15, 0.2) is 0 Å². The third kappa shape index (κ3) is 4.43. The molecule has 2 heteroatoms. The monoisotopic (exact) mass is 199 g/mol. The minimum atomic E-state index is 0.793. The first-order valence-electron chi connectivity index (χ1n) is 6.09. The van der Waals surface area contributed by atoms with Crippen LogP contribution in [-0.2, 0) is 4.74 Å². The van der Waals surface area contributed by atoms with Gasteiger partial charge in [0.1, 0.15) is 0 Å². The molecule has 14 heavy (non-hydrogen) atoms. The lowest BCUT2D eigenvalue weighted by Gasteiger charge is -2.29. The zero-order valence-electron chi connectivity index (χ0n) is 9.72. The molecule has 1 N–H and O–H groups in total. The van der Waals surface area contributed by atoms with Crippen LogP contribution in [-0.4, -0.2) is 26.3 Å². The molecule has 2 unspecified atom stereocenters. The maximum atomic E-state index is 5.09. The standard InChI is InChI=1S/C12H25NO/c1-3-13-12-8-4-6-11(10-12)7-5-9-14-2/h11-13H,3-10H2,1-2H3. The number of hydrogen-bond acceptors (Lipinski definition) is 2. The van der Waals surface area contributed by atoms with Crippen LogP contribution in [0.2, 0.25) is 0 Å². The number of nitrogens with one attached hydrogen (secondary N) is 1. The maximum absolute atomic E-state index is 5.09. The molecule has 2 atom stereocenters. The number of methoxy groups -OCH3 is 1. The Bertz CT molecular complexity index is 136. The summed E-state index contributed by atoms with van der Waals surface area (Å²) in [7, 11) is 1.79. The van der Waals surface area contributed by atoms with Gasteiger partial charge in [-0.3, -0.25) is 0 Å². The van der Waals surface area contributed by atoms with E-state index < -0.39 is 0 Å². The minimum Gasteiger partial charge on any atom is -0.385 e. The molecule has 0 bridgehead atoms. The molecular weight excluding hydrogens is 174 g/mol. The Morgan fingerprint density at radius 1 is 1.36 bits per heavy atom. The molecule has 0 aliphatic heterocycles. The fraction of sp³-hybridized carbons (Fsp3) is 1.00. The van der Waals surface area contributed by atoms with Crippen LogP contribution >= 0.6 is 0 Å². The molecule has 1 aliphatic rings. The smallest absolute Gasteiger partial charge is 0.0462 e. The van der Waals surface area contributed by atoms with Gasteiger partial charge in [0.2, 0.25) is 0 Å². The van der Waals surface area contributed by atoms with Gasteiger partial charge in [0.25, 0.3) is 0 Å². The molecule has 1 fully saturated rings. The number of rotatable bonds is 6. The van der Waals surface area contributed by atoms with Crippen molar-refractivity contribution < 1.29 is 4.74 Å². The summed E-state index contributed by atoms with van der Waals surface area (Å²) in [6, 6.07) is 0.793. The lowest BCUT2D eigenvalue weighted by Crippen LogP contribution is -2.33. The Labute approximate surface area is 88.4 Å². The lowest BCUT2D eigenvalue weighted by molar-refractivity contribution is 0.177. The summed E-state index contributed by atoms with van der Waals surface area (Å²) < 4.78 is 5.09. The summed E-state index contributed by atoms with van der Waals surface area (Å²) in [5.74, 6) is 0.947. The first-order chi connectivity index (χ1) is 6.86. The number of ether oxygens (including phenoxy) is 1. The van der Waals surface area contributed by atoms with Crippen molar-refractivity contribution in [2.45, 2.75) is 51.5 Å². The molecule has 0 radical (unpaired) electrons. The summed E-state index contributed by atoms with van der Waals surface area (Å²) in [5.41, 5.74) is 0. The molecule has 0 aromatic carbocycles. The van der Waals surface area contributed by atoms with Gasteiger partial charge in [-0.05, 0) is 38.1 Å². The molecule has 1 aliphatic carbocycles. The summed E-state index contributed by atoms with van der Waals surface area (Å²) in [6.07, 6.45) is 8.21. The third-order valence-electron chi connectivity index (χ3n) is 3.24. The van der Waals surface area contributed by atoms with Gasteiger partial charge in [-0.1, -0.05) is 19.8 Å². The Hall–Kier alpha value is -0.0800. The highest BCUT2D eigenvalue weighted by Crippen LogP contribution is 2.27. The van der Waals surface area contributed by atoms with Crippen LogP contribution in [0, 0.1) is 5.92 Å². The fourth-order valence-corrected chi connectivity index (χ4v) is 2.54. The molecule has 84 valence electrons. The SMILES string of the molecule is CCNC1CCCC(CCCOC)C1. The molecule has 0 amide bonds. The predicted molar refractivity (Wildman–Crippen MR) is 60.5 cm³/mol. The molecule has 0 aromatic rings. The predicted octanol–water partition coefficient (Wildman–Crippen LogP) is 2.58. The van der Waals surface area contributed by atoms with Crippen molar-refractivity contribution in [3.8, 4) is 0 Å². The zero-order valence-corrected chi connectivity index (χ0v) is 9.72. The van der Waals surface area contributed by atoms with Gasteiger partial charge >= 0.3 is 0 Å². The first kappa shape index (κ1) is 12.0. The summed E-state index contributed by atoms with van der Waals surface area (Å²) >= 11 is 0. The van der Waals surface area contributed by atoms with Crippen molar-refractivity contribution in [3.05, 3.63) is 0 Å². The molecule has 0 aromatic heterocycles. The van der Waals surface area contributed by atoms with Crippen molar-refractivity contribution >= 4 is 0 Å². The second-order valence-corrected chi connectivity index (χ2v) is 4.42. The Morgan fingerprint density at radius 3 is 2.93 bits per heavy atom. The summed E-state index contributed by atoms with van der Waals surface area (Å²) in [6.45, 7) is 4.26. The zero-order chi connectivity index (χ0) is 10.2. The van der Waals surface area contributed by atoms with E-state index in [1.54, 1.807) is 7.11 Å². The Kier molecular flexibility index (Phi) is 6.20. The quantitative estimate of drug-likeness (QED) is 0.664. The summed E-state index contributed by atoms with van der Waals surface area (Å²) in [4.78, 5) is 0. The highest BCUT2D eigenvalue weighted by molar-refractivity contribution is 4.77. The van der Waals surface area contributed by atoms with Gasteiger partial charge in [-0.2, -0.15) is 0 Å². The molecule has 0 saturated heterocycles. The molecule has 0 heterocycles. The third-order valence-corrected chi connectivity index (χ3v) is 3.24. The minimum absolute atomic E-state index is 0.793. The van der Waals surface area contributed by atoms with E-state index in [1.165, 1.54) is 38.5 Å². The van der Waals surface area contributed by atoms with E-state index in [2.05, 4.69) is 12.2 Å². The van der Waals surface area contributed by atoms with Crippen LogP contribution in [0.5, 0.6) is 0 Å². The average molecular weight is 199 g/mol. The average Bonchev–Trinajstić information content (AvgIpc) is 2.19. The highest BCUT2D eigenvalue weighted by atomic mass is 16.5. The number of hydrogen-bond donors (Lipinski definition) is 1. The van der Waals surface area contributed by atoms with Crippen LogP contribution in [0.4, 0.5) is 0 Å². The van der Waals surface area contributed by atoms with E-state index in [4.69, 9.17) is 4.74 Å². The van der Waals surface area contributed by atoms with Gasteiger partial charge in [0.15, 0.2) is 0 Å². The van der Waals surface area contributed by atoms with Crippen molar-refractivity contribution in [1.29, 1.82) is 0 Å². The van der Waals surface area contributed by atoms with E-state index in [0.717, 1.165) is 25.1 Å². The van der Waals surface area contributed by atoms with Gasteiger partial charge in [-0.15, -0.1) is 0 Å². The maximum Gasteiger partial charge on any atom is 0.0462 e. The van der Waals surface area contributed by atoms with E-state index >= 15 is 0 Å². The van der Waals surface area contributed by atoms with Crippen molar-refractivity contribution in [2.75, 3.05) is 20.3 Å². The molecule has 1 saturated carbocycles. The van der Waals surface area contributed by atoms with Gasteiger partial charge in [-0.25, -0.2) is 0 Å². The van der Waals surface area contributed by atoms with Gasteiger partial charge in [0.05, 0.1) is 0 Å². The Morgan fingerprint density at radius 2 is 2.21 bits per heavy atom. The molecule has 2 nitrogen and oxygen atoms in total. The van der Waals surface area contributed by atoms with Crippen molar-refractivity contribution in [3.63, 3.8) is 0 Å². The fourth-order valence-electron chi connectivity index (χ4n) is 2.54. The van der Waals surface area contributed by atoms with E-state index in [-0.39, 0.29) is 0 Å². The first-order valence-corrected chi connectivity index (χ1v) is 6.09. The van der Waals surface area contributed by atoms with E-state index in [0.29, 0.717) is 0 Å². The van der Waals surface area contributed by atoms with Crippen molar-refractivity contribution in [1.82, 2.24) is 5.32 Å². The second-order valence-electron chi connectivity index (χ2n) is 4.42.